The molecule has 0 spiro atoms. The SMILES string of the molecule is CC1(C)Cc2cccc(OCC(=O)c3ccc(Cl)s3)c2O1. The van der Waals surface area contributed by atoms with Crippen molar-refractivity contribution in [2.45, 2.75) is 25.9 Å². The van der Waals surface area contributed by atoms with Crippen molar-refractivity contribution in [2.24, 2.45) is 0 Å². The Labute approximate surface area is 132 Å². The molecule has 0 N–H and O–H groups in total. The maximum Gasteiger partial charge on any atom is 0.210 e. The van der Waals surface area contributed by atoms with Gasteiger partial charge in [0.2, 0.25) is 5.78 Å². The fourth-order valence-electron chi connectivity index (χ4n) is 2.38. The van der Waals surface area contributed by atoms with Crippen LogP contribution in [-0.4, -0.2) is 18.0 Å². The molecule has 3 rings (SSSR count). The molecule has 0 radical (unpaired) electrons. The van der Waals surface area contributed by atoms with Gasteiger partial charge in [0.15, 0.2) is 18.1 Å². The largest absolute Gasteiger partial charge is 0.483 e. The van der Waals surface area contributed by atoms with E-state index >= 15 is 0 Å². The molecule has 110 valence electrons. The molecule has 0 atom stereocenters. The predicted molar refractivity (Wildman–Crippen MR) is 84.0 cm³/mol. The summed E-state index contributed by atoms with van der Waals surface area (Å²) < 4.78 is 12.2. The normalized spacial score (nSPS) is 15.4. The summed E-state index contributed by atoms with van der Waals surface area (Å²) >= 11 is 7.10. The van der Waals surface area contributed by atoms with Gasteiger partial charge in [-0.2, -0.15) is 0 Å². The minimum absolute atomic E-state index is 0.0168. The second-order valence-electron chi connectivity index (χ2n) is 5.60. The topological polar surface area (TPSA) is 35.5 Å². The van der Waals surface area contributed by atoms with Crippen molar-refractivity contribution in [3.63, 3.8) is 0 Å². The van der Waals surface area contributed by atoms with Crippen LogP contribution in [0, 0.1) is 0 Å². The van der Waals surface area contributed by atoms with Gasteiger partial charge in [-0.3, -0.25) is 4.79 Å². The molecule has 0 amide bonds. The molecule has 0 unspecified atom stereocenters. The highest BCUT2D eigenvalue weighted by atomic mass is 35.5. The quantitative estimate of drug-likeness (QED) is 0.784. The van der Waals surface area contributed by atoms with E-state index in [1.54, 1.807) is 12.1 Å². The molecular weight excluding hydrogens is 308 g/mol. The van der Waals surface area contributed by atoms with E-state index in [-0.39, 0.29) is 18.0 Å². The molecule has 0 saturated heterocycles. The molecule has 21 heavy (non-hydrogen) atoms. The number of carbonyl (C=O) groups is 1. The number of hydrogen-bond acceptors (Lipinski definition) is 4. The zero-order chi connectivity index (χ0) is 15.0. The monoisotopic (exact) mass is 322 g/mol. The molecule has 1 aromatic carbocycles. The van der Waals surface area contributed by atoms with Crippen molar-refractivity contribution in [3.05, 3.63) is 45.1 Å². The van der Waals surface area contributed by atoms with Gasteiger partial charge in [-0.05, 0) is 32.0 Å². The molecule has 0 saturated carbocycles. The van der Waals surface area contributed by atoms with Gasteiger partial charge in [0, 0.05) is 12.0 Å². The highest BCUT2D eigenvalue weighted by Crippen LogP contribution is 2.41. The van der Waals surface area contributed by atoms with Crippen molar-refractivity contribution < 1.29 is 14.3 Å². The molecule has 2 heterocycles. The summed E-state index contributed by atoms with van der Waals surface area (Å²) in [6.07, 6.45) is 0.841. The molecule has 1 aliphatic rings. The Morgan fingerprint density at radius 1 is 1.38 bits per heavy atom. The lowest BCUT2D eigenvalue weighted by atomic mass is 10.0. The van der Waals surface area contributed by atoms with E-state index in [1.807, 2.05) is 32.0 Å². The summed E-state index contributed by atoms with van der Waals surface area (Å²) in [7, 11) is 0. The summed E-state index contributed by atoms with van der Waals surface area (Å²) in [5, 5.41) is 0. The Kier molecular flexibility index (Phi) is 3.68. The van der Waals surface area contributed by atoms with Crippen LogP contribution in [0.15, 0.2) is 30.3 Å². The van der Waals surface area contributed by atoms with E-state index in [2.05, 4.69) is 0 Å². The average Bonchev–Trinajstić information content (AvgIpc) is 2.97. The maximum atomic E-state index is 12.0. The highest BCUT2D eigenvalue weighted by molar-refractivity contribution is 7.18. The van der Waals surface area contributed by atoms with Crippen LogP contribution >= 0.6 is 22.9 Å². The minimum Gasteiger partial charge on any atom is -0.483 e. The Bertz CT molecular complexity index is 691. The van der Waals surface area contributed by atoms with Gasteiger partial charge in [0.05, 0.1) is 9.21 Å². The summed E-state index contributed by atoms with van der Waals surface area (Å²) in [5.41, 5.74) is 0.886. The third kappa shape index (κ3) is 3.06. The second kappa shape index (κ2) is 5.35. The van der Waals surface area contributed by atoms with Crippen molar-refractivity contribution in [3.8, 4) is 11.5 Å². The summed E-state index contributed by atoms with van der Waals surface area (Å²) in [6, 6.07) is 9.21. The van der Waals surface area contributed by atoms with E-state index in [9.17, 15) is 4.79 Å². The van der Waals surface area contributed by atoms with E-state index in [0.29, 0.717) is 15.0 Å². The van der Waals surface area contributed by atoms with E-state index < -0.39 is 0 Å². The number of Topliss-reactive ketones (excluding diaryl/α,β-unsaturated/α-hetero) is 1. The number of para-hydroxylation sites is 1. The van der Waals surface area contributed by atoms with Crippen molar-refractivity contribution >= 4 is 28.7 Å². The average molecular weight is 323 g/mol. The predicted octanol–water partition coefficient (Wildman–Crippen LogP) is 4.38. The van der Waals surface area contributed by atoms with Crippen molar-refractivity contribution in [1.82, 2.24) is 0 Å². The standard InChI is InChI=1S/C16H15ClO3S/c1-16(2)8-10-4-3-5-12(15(10)20-16)19-9-11(18)13-6-7-14(17)21-13/h3-7H,8-9H2,1-2H3. The number of fused-ring (bicyclic) bond motifs is 1. The molecule has 0 fully saturated rings. The van der Waals surface area contributed by atoms with Gasteiger partial charge >= 0.3 is 0 Å². The lowest BCUT2D eigenvalue weighted by Crippen LogP contribution is -2.24. The number of ketones is 1. The molecule has 0 aliphatic carbocycles. The smallest absolute Gasteiger partial charge is 0.210 e. The Morgan fingerprint density at radius 2 is 2.19 bits per heavy atom. The number of ether oxygens (including phenoxy) is 2. The fourth-order valence-corrected chi connectivity index (χ4v) is 3.35. The molecule has 2 aromatic rings. The molecule has 0 bridgehead atoms. The third-order valence-corrected chi connectivity index (χ3v) is 4.53. The Balaban J connectivity index is 1.73. The van der Waals surface area contributed by atoms with Crippen LogP contribution in [-0.2, 0) is 6.42 Å². The number of thiophene rings is 1. The third-order valence-electron chi connectivity index (χ3n) is 3.26. The second-order valence-corrected chi connectivity index (χ2v) is 7.31. The number of carbonyl (C=O) groups excluding carboxylic acids is 1. The zero-order valence-electron chi connectivity index (χ0n) is 11.8. The van der Waals surface area contributed by atoms with Gasteiger partial charge in [-0.15, -0.1) is 11.3 Å². The van der Waals surface area contributed by atoms with Crippen LogP contribution in [0.4, 0.5) is 0 Å². The highest BCUT2D eigenvalue weighted by Gasteiger charge is 2.32. The van der Waals surface area contributed by atoms with E-state index in [0.717, 1.165) is 17.7 Å². The first-order valence-electron chi connectivity index (χ1n) is 6.67. The van der Waals surface area contributed by atoms with Crippen molar-refractivity contribution in [1.29, 1.82) is 0 Å². The molecular formula is C16H15ClO3S. The summed E-state index contributed by atoms with van der Waals surface area (Å²) in [5.74, 6) is 1.29. The number of rotatable bonds is 4. The first-order valence-corrected chi connectivity index (χ1v) is 7.86. The lowest BCUT2D eigenvalue weighted by Gasteiger charge is -2.18. The van der Waals surface area contributed by atoms with Crippen molar-refractivity contribution in [2.75, 3.05) is 6.61 Å². The number of benzene rings is 1. The lowest BCUT2D eigenvalue weighted by molar-refractivity contribution is 0.0916. The number of halogens is 1. The molecule has 5 heteroatoms. The van der Waals surface area contributed by atoms with Crippen LogP contribution in [0.5, 0.6) is 11.5 Å². The fraction of sp³-hybridized carbons (Fsp3) is 0.312. The zero-order valence-corrected chi connectivity index (χ0v) is 13.4. The summed E-state index contributed by atoms with van der Waals surface area (Å²) in [6.45, 7) is 4.06. The van der Waals surface area contributed by atoms with Crippen LogP contribution in [0.25, 0.3) is 0 Å². The molecule has 1 aliphatic heterocycles. The maximum absolute atomic E-state index is 12.0. The van der Waals surface area contributed by atoms with E-state index in [4.69, 9.17) is 21.1 Å². The number of hydrogen-bond donors (Lipinski definition) is 0. The minimum atomic E-state index is -0.229. The summed E-state index contributed by atoms with van der Waals surface area (Å²) in [4.78, 5) is 12.7. The van der Waals surface area contributed by atoms with Crippen LogP contribution in [0.2, 0.25) is 4.34 Å². The van der Waals surface area contributed by atoms with Gasteiger partial charge in [-0.25, -0.2) is 0 Å². The van der Waals surface area contributed by atoms with Gasteiger partial charge < -0.3 is 9.47 Å². The molecule has 1 aromatic heterocycles. The Morgan fingerprint density at radius 3 is 2.90 bits per heavy atom. The first kappa shape index (κ1) is 14.4. The van der Waals surface area contributed by atoms with Gasteiger partial charge in [0.1, 0.15) is 5.60 Å². The van der Waals surface area contributed by atoms with Gasteiger partial charge in [0.25, 0.3) is 0 Å². The van der Waals surface area contributed by atoms with Crippen LogP contribution in [0.1, 0.15) is 29.1 Å². The molecule has 3 nitrogen and oxygen atoms in total. The van der Waals surface area contributed by atoms with E-state index in [1.165, 1.54) is 11.3 Å². The van der Waals surface area contributed by atoms with Crippen LogP contribution < -0.4 is 9.47 Å². The first-order chi connectivity index (χ1) is 9.94. The van der Waals surface area contributed by atoms with Crippen LogP contribution in [0.3, 0.4) is 0 Å². The Hall–Kier alpha value is -1.52. The van der Waals surface area contributed by atoms with Gasteiger partial charge in [-0.1, -0.05) is 23.7 Å².